The highest BCUT2D eigenvalue weighted by atomic mass is 35.5. The number of hydrogen-bond donors (Lipinski definition) is 0. The molecule has 0 saturated heterocycles. The second kappa shape index (κ2) is 10.9. The van der Waals surface area contributed by atoms with Gasteiger partial charge < -0.3 is 14.2 Å². The monoisotopic (exact) mass is 539 g/mol. The number of esters is 1. The number of nitrogens with zero attached hydrogens (tertiary/aromatic N) is 3. The van der Waals surface area contributed by atoms with Crippen molar-refractivity contribution in [1.82, 2.24) is 9.47 Å². The Labute approximate surface area is 215 Å². The van der Waals surface area contributed by atoms with E-state index in [-0.39, 0.29) is 33.1 Å². The smallest absolute Gasteiger partial charge is 0.326 e. The van der Waals surface area contributed by atoms with Crippen molar-refractivity contribution in [3.63, 3.8) is 0 Å². The minimum atomic E-state index is -4.25. The topological polar surface area (TPSA) is 88.9 Å². The first-order chi connectivity index (χ1) is 16.4. The number of carbonyl (C=O) groups excluding carboxylic acids is 2. The lowest BCUT2D eigenvalue weighted by atomic mass is 10.1. The van der Waals surface area contributed by atoms with E-state index < -0.39 is 22.5 Å². The highest BCUT2D eigenvalue weighted by Gasteiger charge is 2.29. The molecule has 0 N–H and O–H groups in total. The molecule has 0 spiro atoms. The number of halogens is 2. The van der Waals surface area contributed by atoms with E-state index in [2.05, 4.69) is 0 Å². The fourth-order valence-electron chi connectivity index (χ4n) is 3.55. The summed E-state index contributed by atoms with van der Waals surface area (Å²) in [6, 6.07) is 8.80. The SMILES string of the molecule is CCCCOC(=O)CN(c1ccc2c(C(=O)N(C)C)cn(C)c2c1)S(=O)(=O)c1cc(Cl)cc(Cl)c1. The predicted molar refractivity (Wildman–Crippen MR) is 138 cm³/mol. The molecule has 3 aromatic rings. The van der Waals surface area contributed by atoms with Gasteiger partial charge in [-0.3, -0.25) is 13.9 Å². The number of amides is 1. The number of hydrogen-bond acceptors (Lipinski definition) is 5. The van der Waals surface area contributed by atoms with E-state index in [1.807, 2.05) is 6.92 Å². The Bertz CT molecular complexity index is 1350. The molecule has 0 unspecified atom stereocenters. The van der Waals surface area contributed by atoms with Crippen LogP contribution in [0.1, 0.15) is 30.1 Å². The Morgan fingerprint density at radius 3 is 2.31 bits per heavy atom. The van der Waals surface area contributed by atoms with Gasteiger partial charge in [-0.25, -0.2) is 8.42 Å². The number of aromatic nitrogens is 1. The van der Waals surface area contributed by atoms with Gasteiger partial charge in [0, 0.05) is 42.8 Å². The zero-order chi connectivity index (χ0) is 25.9. The van der Waals surface area contributed by atoms with E-state index in [4.69, 9.17) is 27.9 Å². The van der Waals surface area contributed by atoms with Gasteiger partial charge in [-0.2, -0.15) is 0 Å². The number of ether oxygens (including phenoxy) is 1. The maximum Gasteiger partial charge on any atom is 0.326 e. The largest absolute Gasteiger partial charge is 0.464 e. The molecule has 188 valence electrons. The molecule has 1 amide bonds. The lowest BCUT2D eigenvalue weighted by molar-refractivity contribution is -0.141. The highest BCUT2D eigenvalue weighted by molar-refractivity contribution is 7.92. The third-order valence-corrected chi connectivity index (χ3v) is 7.54. The van der Waals surface area contributed by atoms with Gasteiger partial charge in [0.2, 0.25) is 0 Å². The molecule has 0 bridgehead atoms. The van der Waals surface area contributed by atoms with Crippen LogP contribution in [0.3, 0.4) is 0 Å². The molecule has 0 radical (unpaired) electrons. The quantitative estimate of drug-likeness (QED) is 0.289. The molecule has 0 aliphatic heterocycles. The van der Waals surface area contributed by atoms with Crippen LogP contribution in [0.5, 0.6) is 0 Å². The maximum absolute atomic E-state index is 13.7. The molecular formula is C24H27Cl2N3O5S. The molecule has 11 heteroatoms. The van der Waals surface area contributed by atoms with Crippen molar-refractivity contribution in [3.05, 3.63) is 58.2 Å². The Balaban J connectivity index is 2.12. The van der Waals surface area contributed by atoms with E-state index in [1.54, 1.807) is 50.1 Å². The van der Waals surface area contributed by atoms with Crippen molar-refractivity contribution in [1.29, 1.82) is 0 Å². The van der Waals surface area contributed by atoms with Crippen molar-refractivity contribution in [2.75, 3.05) is 31.6 Å². The zero-order valence-corrected chi connectivity index (χ0v) is 22.2. The fraction of sp³-hybridized carbons (Fsp3) is 0.333. The molecule has 2 aromatic carbocycles. The minimum Gasteiger partial charge on any atom is -0.464 e. The zero-order valence-electron chi connectivity index (χ0n) is 19.9. The molecule has 3 rings (SSSR count). The molecule has 0 atom stereocenters. The van der Waals surface area contributed by atoms with Gasteiger partial charge in [0.15, 0.2) is 0 Å². The van der Waals surface area contributed by atoms with Gasteiger partial charge in [0.1, 0.15) is 6.54 Å². The van der Waals surface area contributed by atoms with Crippen molar-refractivity contribution < 1.29 is 22.7 Å². The van der Waals surface area contributed by atoms with Crippen molar-refractivity contribution >= 4 is 61.7 Å². The molecule has 0 aliphatic carbocycles. The summed E-state index contributed by atoms with van der Waals surface area (Å²) < 4.78 is 35.2. The molecule has 0 saturated carbocycles. The number of fused-ring (bicyclic) bond motifs is 1. The summed E-state index contributed by atoms with van der Waals surface area (Å²) in [5.41, 5.74) is 1.33. The van der Waals surface area contributed by atoms with Crippen molar-refractivity contribution in [2.24, 2.45) is 7.05 Å². The van der Waals surface area contributed by atoms with Crippen LogP contribution in [0.25, 0.3) is 10.9 Å². The van der Waals surface area contributed by atoms with Gasteiger partial charge in [-0.05, 0) is 42.8 Å². The summed E-state index contributed by atoms with van der Waals surface area (Å²) in [5.74, 6) is -0.869. The van der Waals surface area contributed by atoms with E-state index in [9.17, 15) is 18.0 Å². The molecule has 0 fully saturated rings. The van der Waals surface area contributed by atoms with E-state index in [0.717, 1.165) is 10.7 Å². The van der Waals surface area contributed by atoms with Gasteiger partial charge >= 0.3 is 5.97 Å². The number of aryl methyl sites for hydroxylation is 1. The Kier molecular flexibility index (Phi) is 8.35. The lowest BCUT2D eigenvalue weighted by Gasteiger charge is -2.24. The number of rotatable bonds is 9. The molecule has 1 heterocycles. The van der Waals surface area contributed by atoms with Gasteiger partial charge in [-0.15, -0.1) is 0 Å². The second-order valence-electron chi connectivity index (χ2n) is 8.25. The van der Waals surface area contributed by atoms with Crippen LogP contribution >= 0.6 is 23.2 Å². The first kappa shape index (κ1) is 26.8. The van der Waals surface area contributed by atoms with E-state index >= 15 is 0 Å². The van der Waals surface area contributed by atoms with Crippen LogP contribution in [0.15, 0.2) is 47.5 Å². The first-order valence-corrected chi connectivity index (χ1v) is 13.1. The summed E-state index contributed by atoms with van der Waals surface area (Å²) in [5, 5.41) is 0.946. The predicted octanol–water partition coefficient (Wildman–Crippen LogP) is 4.73. The second-order valence-corrected chi connectivity index (χ2v) is 11.0. The van der Waals surface area contributed by atoms with Crippen molar-refractivity contribution in [2.45, 2.75) is 24.7 Å². The van der Waals surface area contributed by atoms with Gasteiger partial charge in [-0.1, -0.05) is 36.5 Å². The Morgan fingerprint density at radius 1 is 1.06 bits per heavy atom. The third kappa shape index (κ3) is 5.91. The van der Waals surface area contributed by atoms with Crippen LogP contribution < -0.4 is 4.31 Å². The average molecular weight is 540 g/mol. The standard InChI is InChI=1S/C24H27Cl2N3O5S/c1-5-6-9-34-23(30)15-29(35(32,33)19-11-16(25)10-17(26)12-19)18-7-8-20-21(24(31)27(2)3)14-28(4)22(20)13-18/h7-8,10-14H,5-6,9,15H2,1-4H3. The van der Waals surface area contributed by atoms with Crippen LogP contribution in [-0.4, -0.2) is 57.0 Å². The molecule has 35 heavy (non-hydrogen) atoms. The Morgan fingerprint density at radius 2 is 1.71 bits per heavy atom. The van der Waals surface area contributed by atoms with Crippen LogP contribution in [0.2, 0.25) is 10.0 Å². The fourth-order valence-corrected chi connectivity index (χ4v) is 5.68. The Hall–Kier alpha value is -2.75. The number of carbonyl (C=O) groups is 2. The summed E-state index contributed by atoms with van der Waals surface area (Å²) >= 11 is 12.1. The first-order valence-electron chi connectivity index (χ1n) is 10.9. The third-order valence-electron chi connectivity index (χ3n) is 5.36. The van der Waals surface area contributed by atoms with Crippen molar-refractivity contribution in [3.8, 4) is 0 Å². The lowest BCUT2D eigenvalue weighted by Crippen LogP contribution is -2.36. The van der Waals surface area contributed by atoms with Gasteiger partial charge in [0.05, 0.1) is 28.3 Å². The summed E-state index contributed by atoms with van der Waals surface area (Å²) in [6.07, 6.45) is 3.18. The minimum absolute atomic E-state index is 0.145. The maximum atomic E-state index is 13.7. The molecular weight excluding hydrogens is 513 g/mol. The average Bonchev–Trinajstić information content (AvgIpc) is 3.12. The number of unbranched alkanes of at least 4 members (excludes halogenated alkanes) is 1. The number of sulfonamides is 1. The summed E-state index contributed by atoms with van der Waals surface area (Å²) in [4.78, 5) is 26.5. The van der Waals surface area contributed by atoms with Crippen LogP contribution in [0, 0.1) is 0 Å². The normalized spacial score (nSPS) is 11.5. The van der Waals surface area contributed by atoms with Gasteiger partial charge in [0.25, 0.3) is 15.9 Å². The molecule has 0 aliphatic rings. The van der Waals surface area contributed by atoms with E-state index in [1.165, 1.54) is 23.1 Å². The van der Waals surface area contributed by atoms with E-state index in [0.29, 0.717) is 22.9 Å². The number of benzene rings is 2. The summed E-state index contributed by atoms with van der Waals surface area (Å²) in [6.45, 7) is 1.60. The van der Waals surface area contributed by atoms with Crippen LogP contribution in [-0.2, 0) is 26.6 Å². The number of anilines is 1. The molecule has 1 aromatic heterocycles. The van der Waals surface area contributed by atoms with Crippen LogP contribution in [0.4, 0.5) is 5.69 Å². The summed E-state index contributed by atoms with van der Waals surface area (Å²) in [7, 11) is 0.821. The highest BCUT2D eigenvalue weighted by Crippen LogP contribution is 2.32. The molecule has 8 nitrogen and oxygen atoms in total.